The van der Waals surface area contributed by atoms with Crippen molar-refractivity contribution < 1.29 is 0 Å². The van der Waals surface area contributed by atoms with Crippen molar-refractivity contribution in [3.63, 3.8) is 0 Å². The molecule has 4 heteroatoms. The van der Waals surface area contributed by atoms with Crippen LogP contribution in [0.5, 0.6) is 0 Å². The number of benzene rings is 1. The van der Waals surface area contributed by atoms with Crippen LogP contribution < -0.4 is 0 Å². The standard InChI is InChI=1S/C13H10ClN3/c14-11-6-7-12-15-16-13(17(12)9-11)8-10-4-2-1-3-5-10/h1-7,9H,8H2. The Morgan fingerprint density at radius 2 is 1.82 bits per heavy atom. The van der Waals surface area contributed by atoms with Gasteiger partial charge in [-0.15, -0.1) is 10.2 Å². The highest BCUT2D eigenvalue weighted by molar-refractivity contribution is 6.30. The van der Waals surface area contributed by atoms with Crippen LogP contribution in [0.1, 0.15) is 11.4 Å². The second kappa shape index (κ2) is 4.18. The van der Waals surface area contributed by atoms with Crippen LogP contribution in [0.3, 0.4) is 0 Å². The maximum Gasteiger partial charge on any atom is 0.160 e. The van der Waals surface area contributed by atoms with Gasteiger partial charge in [-0.3, -0.25) is 4.40 Å². The number of rotatable bonds is 2. The van der Waals surface area contributed by atoms with Gasteiger partial charge in [-0.25, -0.2) is 0 Å². The van der Waals surface area contributed by atoms with Gasteiger partial charge >= 0.3 is 0 Å². The predicted molar refractivity (Wildman–Crippen MR) is 67.2 cm³/mol. The average molecular weight is 244 g/mol. The molecular weight excluding hydrogens is 234 g/mol. The SMILES string of the molecule is Clc1ccc2nnc(Cc3ccccc3)n2c1. The molecule has 0 spiro atoms. The highest BCUT2D eigenvalue weighted by atomic mass is 35.5. The van der Waals surface area contributed by atoms with Crippen molar-refractivity contribution in [3.8, 4) is 0 Å². The van der Waals surface area contributed by atoms with Crippen LogP contribution in [0.4, 0.5) is 0 Å². The lowest BCUT2D eigenvalue weighted by Crippen LogP contribution is -1.96. The fourth-order valence-electron chi connectivity index (χ4n) is 1.81. The molecule has 0 unspecified atom stereocenters. The first-order valence-electron chi connectivity index (χ1n) is 5.36. The third kappa shape index (κ3) is 2.01. The van der Waals surface area contributed by atoms with Gasteiger partial charge in [-0.05, 0) is 17.7 Å². The highest BCUT2D eigenvalue weighted by Gasteiger charge is 2.06. The number of hydrogen-bond donors (Lipinski definition) is 0. The first kappa shape index (κ1) is 10.3. The molecule has 3 aromatic rings. The second-order valence-electron chi connectivity index (χ2n) is 3.85. The van der Waals surface area contributed by atoms with E-state index in [1.807, 2.05) is 40.9 Å². The summed E-state index contributed by atoms with van der Waals surface area (Å²) in [5, 5.41) is 8.98. The van der Waals surface area contributed by atoms with E-state index in [1.165, 1.54) is 5.56 Å². The van der Waals surface area contributed by atoms with Crippen molar-refractivity contribution >= 4 is 17.2 Å². The van der Waals surface area contributed by atoms with Gasteiger partial charge in [0.25, 0.3) is 0 Å². The minimum atomic E-state index is 0.687. The second-order valence-corrected chi connectivity index (χ2v) is 4.29. The largest absolute Gasteiger partial charge is 0.285 e. The van der Waals surface area contributed by atoms with E-state index < -0.39 is 0 Å². The molecule has 17 heavy (non-hydrogen) atoms. The number of nitrogens with zero attached hydrogens (tertiary/aromatic N) is 3. The van der Waals surface area contributed by atoms with Gasteiger partial charge in [-0.2, -0.15) is 0 Å². The monoisotopic (exact) mass is 243 g/mol. The fraction of sp³-hybridized carbons (Fsp3) is 0.0769. The van der Waals surface area contributed by atoms with Crippen LogP contribution in [0.25, 0.3) is 5.65 Å². The molecule has 0 saturated carbocycles. The van der Waals surface area contributed by atoms with Crippen LogP contribution in [-0.4, -0.2) is 14.6 Å². The molecule has 0 N–H and O–H groups in total. The molecule has 0 radical (unpaired) electrons. The van der Waals surface area contributed by atoms with Gasteiger partial charge in [0.05, 0.1) is 5.02 Å². The Labute approximate surface area is 104 Å². The molecule has 3 rings (SSSR count). The molecular formula is C13H10ClN3. The van der Waals surface area contributed by atoms with E-state index in [1.54, 1.807) is 0 Å². The lowest BCUT2D eigenvalue weighted by molar-refractivity contribution is 0.934. The maximum absolute atomic E-state index is 5.97. The van der Waals surface area contributed by atoms with Gasteiger partial charge in [0.1, 0.15) is 5.82 Å². The summed E-state index contributed by atoms with van der Waals surface area (Å²) in [7, 11) is 0. The Morgan fingerprint density at radius 3 is 2.65 bits per heavy atom. The molecule has 2 aromatic heterocycles. The van der Waals surface area contributed by atoms with Crippen molar-refractivity contribution in [2.45, 2.75) is 6.42 Å². The van der Waals surface area contributed by atoms with Crippen LogP contribution in [0, 0.1) is 0 Å². The number of aromatic nitrogens is 3. The molecule has 0 amide bonds. The van der Waals surface area contributed by atoms with E-state index in [9.17, 15) is 0 Å². The first-order chi connectivity index (χ1) is 8.33. The molecule has 1 aromatic carbocycles. The minimum Gasteiger partial charge on any atom is -0.285 e. The van der Waals surface area contributed by atoms with Crippen LogP contribution in [0.15, 0.2) is 48.7 Å². The van der Waals surface area contributed by atoms with Crippen LogP contribution in [0.2, 0.25) is 5.02 Å². The molecule has 0 bridgehead atoms. The van der Waals surface area contributed by atoms with E-state index in [4.69, 9.17) is 11.6 Å². The Balaban J connectivity index is 2.03. The summed E-state index contributed by atoms with van der Waals surface area (Å²) < 4.78 is 1.93. The Hall–Kier alpha value is -1.87. The molecule has 0 fully saturated rings. The fourth-order valence-corrected chi connectivity index (χ4v) is 1.97. The number of hydrogen-bond acceptors (Lipinski definition) is 2. The molecule has 84 valence electrons. The van der Waals surface area contributed by atoms with Crippen molar-refractivity contribution in [2.75, 3.05) is 0 Å². The topological polar surface area (TPSA) is 30.2 Å². The number of pyridine rings is 1. The molecule has 0 saturated heterocycles. The van der Waals surface area contributed by atoms with Gasteiger partial charge in [0.2, 0.25) is 0 Å². The number of halogens is 1. The smallest absolute Gasteiger partial charge is 0.160 e. The van der Waals surface area contributed by atoms with E-state index in [2.05, 4.69) is 22.3 Å². The first-order valence-corrected chi connectivity index (χ1v) is 5.74. The minimum absolute atomic E-state index is 0.687. The summed E-state index contributed by atoms with van der Waals surface area (Å²) in [6, 6.07) is 13.9. The van der Waals surface area contributed by atoms with Crippen LogP contribution >= 0.6 is 11.6 Å². The Morgan fingerprint density at radius 1 is 1.00 bits per heavy atom. The maximum atomic E-state index is 5.97. The van der Waals surface area contributed by atoms with Crippen molar-refractivity contribution in [1.82, 2.24) is 14.6 Å². The molecule has 3 nitrogen and oxygen atoms in total. The lowest BCUT2D eigenvalue weighted by atomic mass is 10.1. The van der Waals surface area contributed by atoms with Crippen molar-refractivity contribution in [3.05, 3.63) is 65.1 Å². The van der Waals surface area contributed by atoms with Gasteiger partial charge in [0, 0.05) is 12.6 Å². The highest BCUT2D eigenvalue weighted by Crippen LogP contribution is 2.13. The summed E-state index contributed by atoms with van der Waals surface area (Å²) in [5.41, 5.74) is 2.03. The zero-order valence-electron chi connectivity index (χ0n) is 9.05. The quantitative estimate of drug-likeness (QED) is 0.693. The Kier molecular flexibility index (Phi) is 2.53. The Bertz CT molecular complexity index is 646. The molecule has 0 aliphatic heterocycles. The zero-order chi connectivity index (χ0) is 11.7. The van der Waals surface area contributed by atoms with E-state index >= 15 is 0 Å². The third-order valence-corrected chi connectivity index (χ3v) is 2.87. The van der Waals surface area contributed by atoms with E-state index in [-0.39, 0.29) is 0 Å². The molecule has 0 atom stereocenters. The van der Waals surface area contributed by atoms with E-state index in [0.29, 0.717) is 5.02 Å². The van der Waals surface area contributed by atoms with Crippen LogP contribution in [-0.2, 0) is 6.42 Å². The molecule has 2 heterocycles. The summed E-state index contributed by atoms with van der Waals surface area (Å²) >= 11 is 5.97. The van der Waals surface area contributed by atoms with Gasteiger partial charge < -0.3 is 0 Å². The molecule has 0 aliphatic carbocycles. The molecule has 0 aliphatic rings. The van der Waals surface area contributed by atoms with Gasteiger partial charge in [-0.1, -0.05) is 41.9 Å². The normalized spacial score (nSPS) is 10.9. The third-order valence-electron chi connectivity index (χ3n) is 2.64. The van der Waals surface area contributed by atoms with Crippen molar-refractivity contribution in [2.24, 2.45) is 0 Å². The summed E-state index contributed by atoms with van der Waals surface area (Å²) in [6.07, 6.45) is 2.59. The summed E-state index contributed by atoms with van der Waals surface area (Å²) in [6.45, 7) is 0. The average Bonchev–Trinajstić information content (AvgIpc) is 2.73. The predicted octanol–water partition coefficient (Wildman–Crippen LogP) is 2.97. The van der Waals surface area contributed by atoms with Crippen molar-refractivity contribution in [1.29, 1.82) is 0 Å². The zero-order valence-corrected chi connectivity index (χ0v) is 9.80. The van der Waals surface area contributed by atoms with E-state index in [0.717, 1.165) is 17.9 Å². The number of fused-ring (bicyclic) bond motifs is 1. The van der Waals surface area contributed by atoms with Gasteiger partial charge in [0.15, 0.2) is 5.65 Å². The summed E-state index contributed by atoms with van der Waals surface area (Å²) in [4.78, 5) is 0. The lowest BCUT2D eigenvalue weighted by Gasteiger charge is -2.00. The summed E-state index contributed by atoms with van der Waals surface area (Å²) in [5.74, 6) is 0.897.